The lowest BCUT2D eigenvalue weighted by Crippen LogP contribution is -2.24. The van der Waals surface area contributed by atoms with Crippen LogP contribution >= 0.6 is 22.9 Å². The van der Waals surface area contributed by atoms with E-state index in [0.29, 0.717) is 6.04 Å². The number of halogens is 1. The molecule has 1 rings (SSSR count). The quantitative estimate of drug-likeness (QED) is 0.555. The Morgan fingerprint density at radius 2 is 2.05 bits per heavy atom. The third kappa shape index (κ3) is 5.85. The summed E-state index contributed by atoms with van der Waals surface area (Å²) in [4.78, 5) is 1.32. The average Bonchev–Trinajstić information content (AvgIpc) is 2.84. The Morgan fingerprint density at radius 1 is 1.26 bits per heavy atom. The van der Waals surface area contributed by atoms with E-state index in [2.05, 4.69) is 31.5 Å². The molecule has 0 saturated carbocycles. The van der Waals surface area contributed by atoms with Crippen molar-refractivity contribution in [3.05, 3.63) is 21.3 Å². The van der Waals surface area contributed by atoms with E-state index in [-0.39, 0.29) is 0 Å². The normalized spacial score (nSPS) is 14.5. The fourth-order valence-corrected chi connectivity index (χ4v) is 3.75. The van der Waals surface area contributed by atoms with E-state index in [4.69, 9.17) is 11.6 Å². The Morgan fingerprint density at radius 3 is 2.58 bits per heavy atom. The van der Waals surface area contributed by atoms with E-state index < -0.39 is 0 Å². The maximum absolute atomic E-state index is 6.31. The van der Waals surface area contributed by atoms with Crippen LogP contribution in [-0.2, 0) is 0 Å². The van der Waals surface area contributed by atoms with Crippen LogP contribution in [0.15, 0.2) is 11.4 Å². The van der Waals surface area contributed by atoms with Crippen LogP contribution in [0.25, 0.3) is 0 Å². The van der Waals surface area contributed by atoms with Crippen LogP contribution in [0.2, 0.25) is 5.02 Å². The highest BCUT2D eigenvalue weighted by molar-refractivity contribution is 7.10. The predicted octanol–water partition coefficient (Wildman–Crippen LogP) is 6.05. The van der Waals surface area contributed by atoms with E-state index >= 15 is 0 Å². The summed E-state index contributed by atoms with van der Waals surface area (Å²) in [6.07, 6.45) is 7.65. The highest BCUT2D eigenvalue weighted by Gasteiger charge is 2.19. The summed E-state index contributed by atoms with van der Waals surface area (Å²) in [5, 5.41) is 6.72. The van der Waals surface area contributed by atoms with Crippen LogP contribution < -0.4 is 5.32 Å². The summed E-state index contributed by atoms with van der Waals surface area (Å²) in [5.41, 5.74) is 0. The molecule has 1 heterocycles. The van der Waals surface area contributed by atoms with Crippen molar-refractivity contribution < 1.29 is 0 Å². The van der Waals surface area contributed by atoms with Gasteiger partial charge in [0, 0.05) is 10.9 Å². The van der Waals surface area contributed by atoms with Gasteiger partial charge >= 0.3 is 0 Å². The van der Waals surface area contributed by atoms with Crippen molar-refractivity contribution in [3.63, 3.8) is 0 Å². The van der Waals surface area contributed by atoms with E-state index in [1.54, 1.807) is 11.3 Å². The number of hydrogen-bond donors (Lipinski definition) is 1. The zero-order valence-corrected chi connectivity index (χ0v) is 14.1. The van der Waals surface area contributed by atoms with Gasteiger partial charge in [-0.05, 0) is 36.8 Å². The third-order valence-electron chi connectivity index (χ3n) is 3.71. The van der Waals surface area contributed by atoms with Crippen molar-refractivity contribution in [3.8, 4) is 0 Å². The molecule has 0 radical (unpaired) electrons. The number of thiophene rings is 1. The minimum absolute atomic E-state index is 0.439. The lowest BCUT2D eigenvalue weighted by atomic mass is 9.91. The van der Waals surface area contributed by atoms with Crippen LogP contribution in [0.4, 0.5) is 0 Å². The largest absolute Gasteiger partial charge is 0.309 e. The average molecular weight is 302 g/mol. The third-order valence-corrected chi connectivity index (χ3v) is 5.19. The molecule has 0 fully saturated rings. The van der Waals surface area contributed by atoms with Gasteiger partial charge < -0.3 is 5.32 Å². The predicted molar refractivity (Wildman–Crippen MR) is 88.3 cm³/mol. The molecule has 19 heavy (non-hydrogen) atoms. The first-order chi connectivity index (χ1) is 9.22. The smallest absolute Gasteiger partial charge is 0.0561 e. The summed E-state index contributed by atoms with van der Waals surface area (Å²) in [7, 11) is 0. The lowest BCUT2D eigenvalue weighted by molar-refractivity contribution is 0.356. The summed E-state index contributed by atoms with van der Waals surface area (Å²) < 4.78 is 0. The minimum Gasteiger partial charge on any atom is -0.309 e. The first-order valence-electron chi connectivity index (χ1n) is 7.69. The number of hydrogen-bond acceptors (Lipinski definition) is 2. The van der Waals surface area contributed by atoms with E-state index in [0.717, 1.165) is 17.5 Å². The van der Waals surface area contributed by atoms with Gasteiger partial charge in [0.1, 0.15) is 0 Å². The highest BCUT2D eigenvalue weighted by Crippen LogP contribution is 2.34. The van der Waals surface area contributed by atoms with Gasteiger partial charge in [0.15, 0.2) is 0 Å². The monoisotopic (exact) mass is 301 g/mol. The van der Waals surface area contributed by atoms with Gasteiger partial charge in [0.2, 0.25) is 0 Å². The molecule has 0 aliphatic heterocycles. The molecule has 0 bridgehead atoms. The summed E-state index contributed by atoms with van der Waals surface area (Å²) >= 11 is 8.10. The maximum atomic E-state index is 6.31. The zero-order chi connectivity index (χ0) is 14.1. The summed E-state index contributed by atoms with van der Waals surface area (Å²) in [6.45, 7) is 7.88. The van der Waals surface area contributed by atoms with E-state index in [1.165, 1.54) is 43.4 Å². The van der Waals surface area contributed by atoms with Crippen molar-refractivity contribution in [2.75, 3.05) is 6.54 Å². The molecule has 1 aromatic heterocycles. The molecule has 110 valence electrons. The molecule has 1 aromatic rings. The Kier molecular flexibility index (Phi) is 8.76. The van der Waals surface area contributed by atoms with Crippen molar-refractivity contribution in [2.45, 2.75) is 65.3 Å². The lowest BCUT2D eigenvalue weighted by Gasteiger charge is -2.23. The zero-order valence-electron chi connectivity index (χ0n) is 12.5. The Balaban J connectivity index is 2.65. The van der Waals surface area contributed by atoms with Crippen molar-refractivity contribution >= 4 is 22.9 Å². The molecule has 3 heteroatoms. The molecule has 2 atom stereocenters. The van der Waals surface area contributed by atoms with Crippen LogP contribution in [0.5, 0.6) is 0 Å². The molecule has 0 aromatic carbocycles. The van der Waals surface area contributed by atoms with Crippen molar-refractivity contribution in [1.82, 2.24) is 5.32 Å². The second-order valence-corrected chi connectivity index (χ2v) is 6.65. The van der Waals surface area contributed by atoms with Gasteiger partial charge in [0.05, 0.1) is 5.02 Å². The molecule has 0 saturated heterocycles. The van der Waals surface area contributed by atoms with E-state index in [9.17, 15) is 0 Å². The van der Waals surface area contributed by atoms with Gasteiger partial charge in [-0.1, -0.05) is 58.1 Å². The van der Waals surface area contributed by atoms with Crippen LogP contribution in [0, 0.1) is 5.92 Å². The molecule has 0 spiro atoms. The van der Waals surface area contributed by atoms with Gasteiger partial charge in [-0.15, -0.1) is 11.3 Å². The number of unbranched alkanes of at least 4 members (excludes halogenated alkanes) is 1. The fraction of sp³-hybridized carbons (Fsp3) is 0.750. The topological polar surface area (TPSA) is 12.0 Å². The standard InChI is InChI=1S/C16H28ClNS/c1-4-7-8-13(6-3)12-15(18-10-5-2)16-14(17)9-11-19-16/h9,11,13,15,18H,4-8,10,12H2,1-3H3. The fourth-order valence-electron chi connectivity index (χ4n) is 2.47. The van der Waals surface area contributed by atoms with Gasteiger partial charge in [-0.3, -0.25) is 0 Å². The maximum Gasteiger partial charge on any atom is 0.0561 e. The van der Waals surface area contributed by atoms with Gasteiger partial charge in [0.25, 0.3) is 0 Å². The molecule has 0 aliphatic carbocycles. The minimum atomic E-state index is 0.439. The Labute approximate surface area is 127 Å². The number of rotatable bonds is 10. The van der Waals surface area contributed by atoms with Crippen LogP contribution in [0.3, 0.4) is 0 Å². The van der Waals surface area contributed by atoms with Gasteiger partial charge in [-0.25, -0.2) is 0 Å². The molecular formula is C16H28ClNS. The first-order valence-corrected chi connectivity index (χ1v) is 8.94. The molecule has 0 amide bonds. The second kappa shape index (κ2) is 9.79. The second-order valence-electron chi connectivity index (χ2n) is 5.29. The summed E-state index contributed by atoms with van der Waals surface area (Å²) in [5.74, 6) is 0.812. The van der Waals surface area contributed by atoms with Crippen LogP contribution in [0.1, 0.15) is 70.2 Å². The van der Waals surface area contributed by atoms with E-state index in [1.807, 2.05) is 6.07 Å². The molecule has 1 N–H and O–H groups in total. The molecule has 1 nitrogen and oxygen atoms in total. The molecular weight excluding hydrogens is 274 g/mol. The van der Waals surface area contributed by atoms with Gasteiger partial charge in [-0.2, -0.15) is 0 Å². The Bertz CT molecular complexity index is 337. The SMILES string of the molecule is CCCCC(CC)CC(NCCC)c1sccc1Cl. The van der Waals surface area contributed by atoms with Crippen LogP contribution in [-0.4, -0.2) is 6.54 Å². The number of nitrogens with one attached hydrogen (secondary N) is 1. The highest BCUT2D eigenvalue weighted by atomic mass is 35.5. The van der Waals surface area contributed by atoms with Crippen molar-refractivity contribution in [2.24, 2.45) is 5.92 Å². The molecule has 0 aliphatic rings. The molecule has 2 unspecified atom stereocenters. The first kappa shape index (κ1) is 17.0. The Hall–Kier alpha value is -0.0500. The summed E-state index contributed by atoms with van der Waals surface area (Å²) in [6, 6.07) is 2.46. The van der Waals surface area contributed by atoms with Crippen molar-refractivity contribution in [1.29, 1.82) is 0 Å².